The van der Waals surface area contributed by atoms with Crippen LogP contribution in [0.4, 0.5) is 5.69 Å². The summed E-state index contributed by atoms with van der Waals surface area (Å²) in [5, 5.41) is 10.00. The lowest BCUT2D eigenvalue weighted by Crippen LogP contribution is -2.30. The van der Waals surface area contributed by atoms with E-state index in [2.05, 4.69) is 4.98 Å². The van der Waals surface area contributed by atoms with Gasteiger partial charge in [0.1, 0.15) is 17.3 Å². The Morgan fingerprint density at radius 2 is 2.00 bits per heavy atom. The number of ether oxygens (including phenoxy) is 1. The van der Waals surface area contributed by atoms with Gasteiger partial charge in [-0.2, -0.15) is 0 Å². The van der Waals surface area contributed by atoms with Gasteiger partial charge in [0.25, 0.3) is 0 Å². The SMILES string of the molecule is COc1ccc(CN2C(=O)CC(c3ncc(C)o3)=Cc3ccc(O)cc32)cc1. The van der Waals surface area contributed by atoms with Gasteiger partial charge in [-0.25, -0.2) is 4.98 Å². The van der Waals surface area contributed by atoms with Crippen LogP contribution in [0.1, 0.15) is 29.2 Å². The lowest BCUT2D eigenvalue weighted by Gasteiger charge is -2.23. The summed E-state index contributed by atoms with van der Waals surface area (Å²) in [6.45, 7) is 2.20. The zero-order valence-electron chi connectivity index (χ0n) is 15.7. The second kappa shape index (κ2) is 7.23. The van der Waals surface area contributed by atoms with Crippen LogP contribution < -0.4 is 9.64 Å². The molecule has 28 heavy (non-hydrogen) atoms. The van der Waals surface area contributed by atoms with Crippen molar-refractivity contribution in [2.24, 2.45) is 0 Å². The van der Waals surface area contributed by atoms with Crippen molar-refractivity contribution in [2.45, 2.75) is 19.9 Å². The second-order valence-corrected chi connectivity index (χ2v) is 6.69. The number of aromatic hydroxyl groups is 1. The molecule has 0 fully saturated rings. The van der Waals surface area contributed by atoms with E-state index in [1.54, 1.807) is 36.4 Å². The van der Waals surface area contributed by atoms with E-state index < -0.39 is 0 Å². The Labute approximate surface area is 162 Å². The van der Waals surface area contributed by atoms with Crippen molar-refractivity contribution in [2.75, 3.05) is 12.0 Å². The fraction of sp³-hybridized carbons (Fsp3) is 0.182. The number of hydrogen-bond acceptors (Lipinski definition) is 5. The molecular formula is C22H20N2O4. The minimum absolute atomic E-state index is 0.0951. The number of phenolic OH excluding ortho intramolecular Hbond substituents is 1. The molecule has 0 saturated carbocycles. The van der Waals surface area contributed by atoms with Crippen molar-refractivity contribution in [1.29, 1.82) is 0 Å². The van der Waals surface area contributed by atoms with Crippen LogP contribution in [0, 0.1) is 6.92 Å². The number of nitrogens with zero attached hydrogens (tertiary/aromatic N) is 2. The van der Waals surface area contributed by atoms with Gasteiger partial charge in [-0.1, -0.05) is 12.1 Å². The van der Waals surface area contributed by atoms with E-state index >= 15 is 0 Å². The third-order valence-corrected chi connectivity index (χ3v) is 4.67. The Balaban J connectivity index is 1.73. The molecule has 2 heterocycles. The summed E-state index contributed by atoms with van der Waals surface area (Å²) in [7, 11) is 1.62. The van der Waals surface area contributed by atoms with Crippen molar-refractivity contribution < 1.29 is 19.1 Å². The highest BCUT2D eigenvalue weighted by atomic mass is 16.5. The number of anilines is 1. The van der Waals surface area contributed by atoms with Gasteiger partial charge in [0.2, 0.25) is 11.8 Å². The number of carbonyl (C=O) groups excluding carboxylic acids is 1. The zero-order valence-corrected chi connectivity index (χ0v) is 15.7. The molecule has 0 bridgehead atoms. The van der Waals surface area contributed by atoms with Crippen LogP contribution in [0.3, 0.4) is 0 Å². The van der Waals surface area contributed by atoms with Gasteiger partial charge in [-0.3, -0.25) is 4.79 Å². The average molecular weight is 376 g/mol. The number of rotatable bonds is 4. The van der Waals surface area contributed by atoms with Crippen molar-refractivity contribution in [3.8, 4) is 11.5 Å². The molecule has 0 saturated heterocycles. The van der Waals surface area contributed by atoms with Gasteiger partial charge in [0.15, 0.2) is 0 Å². The summed E-state index contributed by atoms with van der Waals surface area (Å²) >= 11 is 0. The van der Waals surface area contributed by atoms with Crippen LogP contribution in [-0.2, 0) is 11.3 Å². The van der Waals surface area contributed by atoms with E-state index in [9.17, 15) is 9.90 Å². The van der Waals surface area contributed by atoms with Gasteiger partial charge >= 0.3 is 0 Å². The number of benzene rings is 2. The van der Waals surface area contributed by atoms with Gasteiger partial charge < -0.3 is 19.2 Å². The number of hydrogen-bond donors (Lipinski definition) is 1. The van der Waals surface area contributed by atoms with Crippen LogP contribution in [0.5, 0.6) is 11.5 Å². The number of aromatic nitrogens is 1. The lowest BCUT2D eigenvalue weighted by molar-refractivity contribution is -0.117. The summed E-state index contributed by atoms with van der Waals surface area (Å²) in [6.07, 6.45) is 3.69. The minimum Gasteiger partial charge on any atom is -0.508 e. The first-order chi connectivity index (χ1) is 13.5. The van der Waals surface area contributed by atoms with Crippen LogP contribution in [0.25, 0.3) is 11.6 Å². The predicted molar refractivity (Wildman–Crippen MR) is 106 cm³/mol. The molecule has 0 atom stereocenters. The smallest absolute Gasteiger partial charge is 0.231 e. The standard InChI is InChI=1S/C22H20N2O4/c1-14-12-23-22(28-14)17-9-16-5-6-18(25)11-20(16)24(21(26)10-17)13-15-3-7-19(27-2)8-4-15/h3-9,11-12,25H,10,13H2,1-2H3. The van der Waals surface area contributed by atoms with Crippen LogP contribution in [0.15, 0.2) is 53.1 Å². The highest BCUT2D eigenvalue weighted by Gasteiger charge is 2.26. The van der Waals surface area contributed by atoms with E-state index in [0.29, 0.717) is 29.5 Å². The Kier molecular flexibility index (Phi) is 4.61. The molecule has 1 amide bonds. The molecule has 6 heteroatoms. The topological polar surface area (TPSA) is 75.8 Å². The van der Waals surface area contributed by atoms with E-state index in [1.165, 1.54) is 0 Å². The number of oxazole rings is 1. The minimum atomic E-state index is -0.0951. The van der Waals surface area contributed by atoms with Gasteiger partial charge in [-0.05, 0) is 48.4 Å². The Bertz CT molecular complexity index is 1050. The van der Waals surface area contributed by atoms with E-state index in [-0.39, 0.29) is 18.1 Å². The fourth-order valence-corrected chi connectivity index (χ4v) is 3.25. The largest absolute Gasteiger partial charge is 0.508 e. The molecule has 0 radical (unpaired) electrons. The maximum absolute atomic E-state index is 13.1. The number of aryl methyl sites for hydroxylation is 1. The maximum atomic E-state index is 13.1. The first-order valence-corrected chi connectivity index (χ1v) is 8.93. The highest BCUT2D eigenvalue weighted by Crippen LogP contribution is 2.35. The van der Waals surface area contributed by atoms with Crippen molar-refractivity contribution in [1.82, 2.24) is 4.98 Å². The molecule has 1 aromatic heterocycles. The molecule has 2 aromatic carbocycles. The number of carbonyl (C=O) groups is 1. The monoisotopic (exact) mass is 376 g/mol. The number of methoxy groups -OCH3 is 1. The van der Waals surface area contributed by atoms with Crippen LogP contribution in [0.2, 0.25) is 0 Å². The van der Waals surface area contributed by atoms with Crippen LogP contribution >= 0.6 is 0 Å². The first kappa shape index (κ1) is 17.9. The summed E-state index contributed by atoms with van der Waals surface area (Å²) in [5.41, 5.74) is 3.14. The molecular weight excluding hydrogens is 356 g/mol. The molecule has 1 aliphatic rings. The van der Waals surface area contributed by atoms with Gasteiger partial charge in [0, 0.05) is 11.6 Å². The molecule has 0 aliphatic carbocycles. The maximum Gasteiger partial charge on any atom is 0.231 e. The van der Waals surface area contributed by atoms with Crippen molar-refractivity contribution in [3.05, 3.63) is 71.4 Å². The third-order valence-electron chi connectivity index (χ3n) is 4.67. The molecule has 1 aliphatic heterocycles. The van der Waals surface area contributed by atoms with E-state index in [4.69, 9.17) is 9.15 Å². The highest BCUT2D eigenvalue weighted by molar-refractivity contribution is 6.06. The van der Waals surface area contributed by atoms with E-state index in [0.717, 1.165) is 16.9 Å². The van der Waals surface area contributed by atoms with Crippen molar-refractivity contribution in [3.63, 3.8) is 0 Å². The number of amides is 1. The Morgan fingerprint density at radius 3 is 2.68 bits per heavy atom. The van der Waals surface area contributed by atoms with Gasteiger partial charge in [-0.15, -0.1) is 0 Å². The quantitative estimate of drug-likeness (QED) is 0.739. The number of fused-ring (bicyclic) bond motifs is 1. The summed E-state index contributed by atoms with van der Waals surface area (Å²) in [4.78, 5) is 19.1. The Morgan fingerprint density at radius 1 is 1.21 bits per heavy atom. The lowest BCUT2D eigenvalue weighted by atomic mass is 10.1. The molecule has 0 unspecified atom stereocenters. The van der Waals surface area contributed by atoms with E-state index in [1.807, 2.05) is 37.3 Å². The Hall–Kier alpha value is -3.54. The first-order valence-electron chi connectivity index (χ1n) is 8.93. The molecule has 0 spiro atoms. The average Bonchev–Trinajstić information content (AvgIpc) is 3.08. The second-order valence-electron chi connectivity index (χ2n) is 6.69. The zero-order chi connectivity index (χ0) is 19.7. The fourth-order valence-electron chi connectivity index (χ4n) is 3.25. The molecule has 3 aromatic rings. The molecule has 6 nitrogen and oxygen atoms in total. The van der Waals surface area contributed by atoms with Crippen LogP contribution in [-0.4, -0.2) is 23.1 Å². The summed E-state index contributed by atoms with van der Waals surface area (Å²) in [5.74, 6) is 1.90. The van der Waals surface area contributed by atoms with Crippen molar-refractivity contribution >= 4 is 23.2 Å². The normalized spacial score (nSPS) is 13.7. The summed E-state index contributed by atoms with van der Waals surface area (Å²) in [6, 6.07) is 12.6. The molecule has 142 valence electrons. The third kappa shape index (κ3) is 3.49. The number of phenols is 1. The predicted octanol–water partition coefficient (Wildman–Crippen LogP) is 4.17. The molecule has 4 rings (SSSR count). The summed E-state index contributed by atoms with van der Waals surface area (Å²) < 4.78 is 10.8. The molecule has 1 N–H and O–H groups in total. The van der Waals surface area contributed by atoms with Gasteiger partial charge in [0.05, 0.1) is 32.0 Å².